The standard InChI is InChI=1S/C12H17NO4/c1-8(2)12(3,16)7-17-9-5-4-6-13-10(9)11(14)15/h4-6,8,16H,7H2,1-3H3,(H,14,15). The Balaban J connectivity index is 2.79. The van der Waals surface area contributed by atoms with Crippen molar-refractivity contribution in [3.63, 3.8) is 0 Å². The zero-order chi connectivity index (χ0) is 13.1. The molecule has 2 N–H and O–H groups in total. The normalized spacial score (nSPS) is 14.4. The first-order chi connectivity index (χ1) is 7.84. The molecule has 0 radical (unpaired) electrons. The first kappa shape index (κ1) is 13.4. The highest BCUT2D eigenvalue weighted by Crippen LogP contribution is 2.20. The second-order valence-corrected chi connectivity index (χ2v) is 4.46. The molecule has 0 fully saturated rings. The number of ether oxygens (including phenoxy) is 1. The van der Waals surface area contributed by atoms with Gasteiger partial charge in [0, 0.05) is 6.20 Å². The van der Waals surface area contributed by atoms with Crippen molar-refractivity contribution < 1.29 is 19.7 Å². The third kappa shape index (κ3) is 3.42. The van der Waals surface area contributed by atoms with Crippen LogP contribution in [-0.4, -0.2) is 33.4 Å². The average Bonchev–Trinajstić information content (AvgIpc) is 2.26. The van der Waals surface area contributed by atoms with Gasteiger partial charge in [-0.15, -0.1) is 0 Å². The molecular weight excluding hydrogens is 222 g/mol. The van der Waals surface area contributed by atoms with Crippen LogP contribution in [0.5, 0.6) is 5.75 Å². The van der Waals surface area contributed by atoms with Gasteiger partial charge in [-0.25, -0.2) is 9.78 Å². The average molecular weight is 239 g/mol. The Morgan fingerprint density at radius 2 is 2.24 bits per heavy atom. The van der Waals surface area contributed by atoms with E-state index in [0.717, 1.165) is 0 Å². The molecule has 5 nitrogen and oxygen atoms in total. The summed E-state index contributed by atoms with van der Waals surface area (Å²) in [6.45, 7) is 5.40. The Bertz CT molecular complexity index is 401. The molecule has 1 aromatic heterocycles. The van der Waals surface area contributed by atoms with E-state index in [2.05, 4.69) is 4.98 Å². The molecule has 1 atom stereocenters. The number of carboxylic acid groups (broad SMARTS) is 1. The maximum Gasteiger partial charge on any atom is 0.358 e. The number of carboxylic acids is 1. The molecule has 0 aliphatic heterocycles. The summed E-state index contributed by atoms with van der Waals surface area (Å²) >= 11 is 0. The van der Waals surface area contributed by atoms with E-state index in [0.29, 0.717) is 0 Å². The lowest BCUT2D eigenvalue weighted by atomic mass is 9.94. The first-order valence-corrected chi connectivity index (χ1v) is 5.38. The number of hydrogen-bond donors (Lipinski definition) is 2. The lowest BCUT2D eigenvalue weighted by Gasteiger charge is -2.27. The maximum absolute atomic E-state index is 10.9. The molecule has 1 aromatic rings. The second kappa shape index (κ2) is 5.14. The van der Waals surface area contributed by atoms with Crippen molar-refractivity contribution in [2.24, 2.45) is 5.92 Å². The van der Waals surface area contributed by atoms with E-state index in [9.17, 15) is 9.90 Å². The second-order valence-electron chi connectivity index (χ2n) is 4.46. The Kier molecular flexibility index (Phi) is 4.07. The molecule has 0 bridgehead atoms. The highest BCUT2D eigenvalue weighted by molar-refractivity contribution is 5.88. The predicted molar refractivity (Wildman–Crippen MR) is 62.2 cm³/mol. The van der Waals surface area contributed by atoms with Crippen LogP contribution >= 0.6 is 0 Å². The molecule has 1 unspecified atom stereocenters. The fourth-order valence-corrected chi connectivity index (χ4v) is 1.06. The Hall–Kier alpha value is -1.62. The summed E-state index contributed by atoms with van der Waals surface area (Å²) in [7, 11) is 0. The number of aromatic nitrogens is 1. The van der Waals surface area contributed by atoms with Gasteiger partial charge in [0.2, 0.25) is 0 Å². The third-order valence-corrected chi connectivity index (χ3v) is 2.74. The van der Waals surface area contributed by atoms with Crippen molar-refractivity contribution in [1.82, 2.24) is 4.98 Å². The zero-order valence-corrected chi connectivity index (χ0v) is 10.2. The quantitative estimate of drug-likeness (QED) is 0.815. The van der Waals surface area contributed by atoms with E-state index in [-0.39, 0.29) is 24.0 Å². The summed E-state index contributed by atoms with van der Waals surface area (Å²) in [6.07, 6.45) is 1.39. The SMILES string of the molecule is CC(C)C(C)(O)COc1cccnc1C(=O)O. The molecule has 0 aliphatic rings. The van der Waals surface area contributed by atoms with Gasteiger partial charge >= 0.3 is 5.97 Å². The fourth-order valence-electron chi connectivity index (χ4n) is 1.06. The molecule has 1 heterocycles. The van der Waals surface area contributed by atoms with Gasteiger partial charge in [-0.05, 0) is 25.0 Å². The number of rotatable bonds is 5. The van der Waals surface area contributed by atoms with Crippen molar-refractivity contribution in [1.29, 1.82) is 0 Å². The number of hydrogen-bond acceptors (Lipinski definition) is 4. The fraction of sp³-hybridized carbons (Fsp3) is 0.500. The largest absolute Gasteiger partial charge is 0.488 e. The van der Waals surface area contributed by atoms with Gasteiger partial charge in [-0.2, -0.15) is 0 Å². The maximum atomic E-state index is 10.9. The van der Waals surface area contributed by atoms with Gasteiger partial charge in [0.25, 0.3) is 0 Å². The Morgan fingerprint density at radius 1 is 1.59 bits per heavy atom. The molecule has 0 aromatic carbocycles. The molecule has 0 spiro atoms. The van der Waals surface area contributed by atoms with E-state index in [1.807, 2.05) is 13.8 Å². The summed E-state index contributed by atoms with van der Waals surface area (Å²) in [5, 5.41) is 18.9. The van der Waals surface area contributed by atoms with Crippen LogP contribution in [0.3, 0.4) is 0 Å². The molecule has 1 rings (SSSR count). The highest BCUT2D eigenvalue weighted by atomic mass is 16.5. The minimum atomic E-state index is -1.15. The molecule has 94 valence electrons. The van der Waals surface area contributed by atoms with Crippen molar-refractivity contribution in [2.45, 2.75) is 26.4 Å². The minimum Gasteiger partial charge on any atom is -0.488 e. The van der Waals surface area contributed by atoms with E-state index in [1.165, 1.54) is 12.3 Å². The lowest BCUT2D eigenvalue weighted by Crippen LogP contribution is -2.38. The van der Waals surface area contributed by atoms with Crippen LogP contribution in [0, 0.1) is 5.92 Å². The van der Waals surface area contributed by atoms with Gasteiger partial charge in [0.1, 0.15) is 6.61 Å². The van der Waals surface area contributed by atoms with Crippen LogP contribution in [0.4, 0.5) is 0 Å². The molecule has 0 aliphatic carbocycles. The number of aromatic carboxylic acids is 1. The smallest absolute Gasteiger partial charge is 0.358 e. The van der Waals surface area contributed by atoms with Gasteiger partial charge in [-0.1, -0.05) is 13.8 Å². The predicted octanol–water partition coefficient (Wildman–Crippen LogP) is 1.57. The monoisotopic (exact) mass is 239 g/mol. The molecule has 0 amide bonds. The van der Waals surface area contributed by atoms with Crippen LogP contribution in [-0.2, 0) is 0 Å². The molecule has 5 heteroatoms. The summed E-state index contributed by atoms with van der Waals surface area (Å²) in [6, 6.07) is 3.11. The number of pyridine rings is 1. The van der Waals surface area contributed by atoms with Gasteiger partial charge in [-0.3, -0.25) is 0 Å². The molecule has 0 saturated carbocycles. The first-order valence-electron chi connectivity index (χ1n) is 5.38. The third-order valence-electron chi connectivity index (χ3n) is 2.74. The van der Waals surface area contributed by atoms with E-state index >= 15 is 0 Å². The summed E-state index contributed by atoms with van der Waals surface area (Å²) in [5.41, 5.74) is -1.15. The topological polar surface area (TPSA) is 79.7 Å². The van der Waals surface area contributed by atoms with Crippen LogP contribution < -0.4 is 4.74 Å². The summed E-state index contributed by atoms with van der Waals surface area (Å²) in [4.78, 5) is 14.6. The number of nitrogens with zero attached hydrogens (tertiary/aromatic N) is 1. The number of carbonyl (C=O) groups is 1. The lowest BCUT2D eigenvalue weighted by molar-refractivity contribution is -0.0270. The summed E-state index contributed by atoms with van der Waals surface area (Å²) < 4.78 is 5.33. The van der Waals surface area contributed by atoms with Crippen LogP contribution in [0.1, 0.15) is 31.3 Å². The Labute approximate surface area is 100 Å². The molecule has 17 heavy (non-hydrogen) atoms. The zero-order valence-electron chi connectivity index (χ0n) is 10.2. The van der Waals surface area contributed by atoms with Crippen molar-refractivity contribution >= 4 is 5.97 Å². The highest BCUT2D eigenvalue weighted by Gasteiger charge is 2.26. The van der Waals surface area contributed by atoms with E-state index in [4.69, 9.17) is 9.84 Å². The van der Waals surface area contributed by atoms with Gasteiger partial charge < -0.3 is 14.9 Å². The van der Waals surface area contributed by atoms with E-state index < -0.39 is 11.6 Å². The van der Waals surface area contributed by atoms with Crippen molar-refractivity contribution in [2.75, 3.05) is 6.61 Å². The van der Waals surface area contributed by atoms with E-state index in [1.54, 1.807) is 13.0 Å². The molecule has 0 saturated heterocycles. The van der Waals surface area contributed by atoms with Crippen LogP contribution in [0.25, 0.3) is 0 Å². The minimum absolute atomic E-state index is 0.00690. The summed E-state index contributed by atoms with van der Waals surface area (Å²) in [5.74, 6) is -0.974. The molecular formula is C12H17NO4. The van der Waals surface area contributed by atoms with Gasteiger partial charge in [0.05, 0.1) is 5.60 Å². The number of aliphatic hydroxyl groups is 1. The van der Waals surface area contributed by atoms with Crippen LogP contribution in [0.2, 0.25) is 0 Å². The van der Waals surface area contributed by atoms with Crippen molar-refractivity contribution in [3.8, 4) is 5.75 Å². The Morgan fingerprint density at radius 3 is 2.76 bits per heavy atom. The van der Waals surface area contributed by atoms with Gasteiger partial charge in [0.15, 0.2) is 11.4 Å². The van der Waals surface area contributed by atoms with Crippen LogP contribution in [0.15, 0.2) is 18.3 Å². The van der Waals surface area contributed by atoms with Crippen molar-refractivity contribution in [3.05, 3.63) is 24.0 Å².